The maximum Gasteiger partial charge on any atom is 0.294 e. The third-order valence-electron chi connectivity index (χ3n) is 4.17. The fourth-order valence-corrected chi connectivity index (χ4v) is 3.80. The highest BCUT2D eigenvalue weighted by molar-refractivity contribution is 7.21. The van der Waals surface area contributed by atoms with E-state index >= 15 is 0 Å². The van der Waals surface area contributed by atoms with Gasteiger partial charge in [0, 0.05) is 11.8 Å². The second kappa shape index (κ2) is 7.69. The van der Waals surface area contributed by atoms with Gasteiger partial charge in [0.15, 0.2) is 5.52 Å². The number of benzene rings is 1. The van der Waals surface area contributed by atoms with Crippen molar-refractivity contribution in [3.05, 3.63) is 76.5 Å². The quantitative estimate of drug-likeness (QED) is 0.565. The Labute approximate surface area is 164 Å². The standard InChI is InChI=1S/C20H17N5O2S/c1-13-18-17(23-19(28-18)14-7-3-2-4-8-14)20(27)25(24-13)12-16(26)22-11-15-9-5-6-10-21-15/h2-10H,11-12H2,1H3,(H,22,26). The van der Waals surface area contributed by atoms with Gasteiger partial charge in [-0.2, -0.15) is 5.10 Å². The van der Waals surface area contributed by atoms with Crippen LogP contribution in [0.2, 0.25) is 0 Å². The molecule has 140 valence electrons. The van der Waals surface area contributed by atoms with Gasteiger partial charge in [0.05, 0.1) is 22.6 Å². The van der Waals surface area contributed by atoms with Gasteiger partial charge >= 0.3 is 0 Å². The number of nitrogens with one attached hydrogen (secondary N) is 1. The van der Waals surface area contributed by atoms with Crippen molar-refractivity contribution in [3.63, 3.8) is 0 Å². The minimum absolute atomic E-state index is 0.166. The van der Waals surface area contributed by atoms with Crippen LogP contribution in [0.5, 0.6) is 0 Å². The summed E-state index contributed by atoms with van der Waals surface area (Å²) in [6, 6.07) is 15.2. The molecule has 4 rings (SSSR count). The van der Waals surface area contributed by atoms with Crippen LogP contribution in [0, 0.1) is 6.92 Å². The molecule has 0 aliphatic carbocycles. The summed E-state index contributed by atoms with van der Waals surface area (Å²) in [5.74, 6) is -0.308. The summed E-state index contributed by atoms with van der Waals surface area (Å²) in [5, 5.41) is 7.81. The number of thiazole rings is 1. The van der Waals surface area contributed by atoms with Gasteiger partial charge in [-0.1, -0.05) is 36.4 Å². The molecule has 1 aromatic carbocycles. The topological polar surface area (TPSA) is 89.8 Å². The first-order valence-corrected chi connectivity index (χ1v) is 9.54. The summed E-state index contributed by atoms with van der Waals surface area (Å²) in [6.45, 7) is 1.95. The SMILES string of the molecule is Cc1nn(CC(=O)NCc2ccccn2)c(=O)c2nc(-c3ccccc3)sc12. The molecular weight excluding hydrogens is 374 g/mol. The number of pyridine rings is 1. The Morgan fingerprint density at radius 1 is 1.14 bits per heavy atom. The Hall–Kier alpha value is -3.39. The van der Waals surface area contributed by atoms with E-state index in [1.165, 1.54) is 16.0 Å². The lowest BCUT2D eigenvalue weighted by Gasteiger charge is -2.07. The van der Waals surface area contributed by atoms with Gasteiger partial charge in [0.25, 0.3) is 5.56 Å². The van der Waals surface area contributed by atoms with Crippen molar-refractivity contribution < 1.29 is 4.79 Å². The number of rotatable bonds is 5. The maximum atomic E-state index is 12.8. The smallest absolute Gasteiger partial charge is 0.294 e. The Bertz CT molecular complexity index is 1190. The van der Waals surface area contributed by atoms with Crippen LogP contribution in [0.15, 0.2) is 59.5 Å². The van der Waals surface area contributed by atoms with Crippen LogP contribution in [0.25, 0.3) is 20.8 Å². The predicted molar refractivity (Wildman–Crippen MR) is 108 cm³/mol. The monoisotopic (exact) mass is 391 g/mol. The molecule has 0 saturated carbocycles. The third-order valence-corrected chi connectivity index (χ3v) is 5.38. The zero-order valence-corrected chi connectivity index (χ0v) is 15.9. The number of hydrogen-bond donors (Lipinski definition) is 1. The highest BCUT2D eigenvalue weighted by atomic mass is 32.1. The van der Waals surface area contributed by atoms with E-state index in [2.05, 4.69) is 20.4 Å². The lowest BCUT2D eigenvalue weighted by atomic mass is 10.2. The molecule has 0 atom stereocenters. The van der Waals surface area contributed by atoms with Crippen LogP contribution in [-0.2, 0) is 17.9 Å². The van der Waals surface area contributed by atoms with E-state index in [9.17, 15) is 9.59 Å². The summed E-state index contributed by atoms with van der Waals surface area (Å²) in [7, 11) is 0. The molecule has 1 N–H and O–H groups in total. The van der Waals surface area contributed by atoms with E-state index in [0.717, 1.165) is 21.0 Å². The first kappa shape index (κ1) is 18.0. The lowest BCUT2D eigenvalue weighted by Crippen LogP contribution is -2.34. The number of carbonyl (C=O) groups is 1. The second-order valence-electron chi connectivity index (χ2n) is 6.21. The average molecular weight is 391 g/mol. The Kier molecular flexibility index (Phi) is 4.94. The number of fused-ring (bicyclic) bond motifs is 1. The molecule has 3 aromatic heterocycles. The molecule has 0 bridgehead atoms. The van der Waals surface area contributed by atoms with E-state index < -0.39 is 0 Å². The zero-order valence-electron chi connectivity index (χ0n) is 15.1. The van der Waals surface area contributed by atoms with Crippen molar-refractivity contribution in [2.75, 3.05) is 0 Å². The molecule has 0 aliphatic heterocycles. The van der Waals surface area contributed by atoms with E-state index in [4.69, 9.17) is 0 Å². The first-order chi connectivity index (χ1) is 13.6. The van der Waals surface area contributed by atoms with Crippen LogP contribution in [0.3, 0.4) is 0 Å². The number of aryl methyl sites for hydroxylation is 1. The molecule has 0 spiro atoms. The Morgan fingerprint density at radius 3 is 2.68 bits per heavy atom. The highest BCUT2D eigenvalue weighted by Crippen LogP contribution is 2.29. The van der Waals surface area contributed by atoms with Crippen molar-refractivity contribution in [1.82, 2.24) is 25.1 Å². The molecule has 0 fully saturated rings. The summed E-state index contributed by atoms with van der Waals surface area (Å²) in [4.78, 5) is 33.7. The molecule has 7 nitrogen and oxygen atoms in total. The van der Waals surface area contributed by atoms with Gasteiger partial charge in [-0.25, -0.2) is 9.67 Å². The summed E-state index contributed by atoms with van der Waals surface area (Å²) >= 11 is 1.43. The van der Waals surface area contributed by atoms with Gasteiger partial charge in [0.2, 0.25) is 5.91 Å². The molecule has 0 radical (unpaired) electrons. The number of aromatic nitrogens is 4. The summed E-state index contributed by atoms with van der Waals surface area (Å²) < 4.78 is 1.91. The first-order valence-electron chi connectivity index (χ1n) is 8.72. The third kappa shape index (κ3) is 3.67. The van der Waals surface area contributed by atoms with Gasteiger partial charge in [-0.3, -0.25) is 14.6 Å². The van der Waals surface area contributed by atoms with Crippen molar-refractivity contribution in [2.45, 2.75) is 20.0 Å². The van der Waals surface area contributed by atoms with Gasteiger partial charge in [-0.05, 0) is 19.1 Å². The van der Waals surface area contributed by atoms with E-state index in [-0.39, 0.29) is 18.0 Å². The average Bonchev–Trinajstić information content (AvgIpc) is 3.18. The number of nitrogens with zero attached hydrogens (tertiary/aromatic N) is 4. The van der Waals surface area contributed by atoms with Crippen LogP contribution >= 0.6 is 11.3 Å². The molecule has 4 aromatic rings. The largest absolute Gasteiger partial charge is 0.349 e. The van der Waals surface area contributed by atoms with E-state index in [1.54, 1.807) is 6.20 Å². The fraction of sp³-hybridized carbons (Fsp3) is 0.150. The van der Waals surface area contributed by atoms with Gasteiger partial charge in [0.1, 0.15) is 11.6 Å². The van der Waals surface area contributed by atoms with Crippen LogP contribution in [-0.4, -0.2) is 25.7 Å². The van der Waals surface area contributed by atoms with Crippen LogP contribution in [0.1, 0.15) is 11.4 Å². The molecule has 0 aliphatic rings. The number of hydrogen-bond acceptors (Lipinski definition) is 6. The molecule has 28 heavy (non-hydrogen) atoms. The Balaban J connectivity index is 1.58. The normalized spacial score (nSPS) is 10.9. The van der Waals surface area contributed by atoms with Crippen molar-refractivity contribution in [3.8, 4) is 10.6 Å². The predicted octanol–water partition coefficient (Wildman–Crippen LogP) is 2.54. The fourth-order valence-electron chi connectivity index (χ4n) is 2.80. The van der Waals surface area contributed by atoms with Crippen molar-refractivity contribution in [1.29, 1.82) is 0 Å². The molecular formula is C20H17N5O2S. The van der Waals surface area contributed by atoms with Gasteiger partial charge in [-0.15, -0.1) is 11.3 Å². The summed E-state index contributed by atoms with van der Waals surface area (Å²) in [5.41, 5.74) is 2.34. The van der Waals surface area contributed by atoms with Gasteiger partial charge < -0.3 is 5.32 Å². The van der Waals surface area contributed by atoms with Crippen molar-refractivity contribution in [2.24, 2.45) is 0 Å². The maximum absolute atomic E-state index is 12.8. The molecule has 8 heteroatoms. The molecule has 3 heterocycles. The Morgan fingerprint density at radius 2 is 1.93 bits per heavy atom. The van der Waals surface area contributed by atoms with Crippen LogP contribution in [0.4, 0.5) is 0 Å². The van der Waals surface area contributed by atoms with Crippen LogP contribution < -0.4 is 10.9 Å². The van der Waals surface area contributed by atoms with E-state index in [1.807, 2.05) is 55.5 Å². The van der Waals surface area contributed by atoms with Crippen molar-refractivity contribution >= 4 is 27.5 Å². The molecule has 0 unspecified atom stereocenters. The zero-order chi connectivity index (χ0) is 19.5. The minimum atomic E-state index is -0.369. The summed E-state index contributed by atoms with van der Waals surface area (Å²) in [6.07, 6.45) is 1.66. The van der Waals surface area contributed by atoms with E-state index in [0.29, 0.717) is 17.8 Å². The molecule has 0 saturated heterocycles. The second-order valence-corrected chi connectivity index (χ2v) is 7.21. The molecule has 1 amide bonds. The number of carbonyl (C=O) groups excluding carboxylic acids is 1. The highest BCUT2D eigenvalue weighted by Gasteiger charge is 2.16. The lowest BCUT2D eigenvalue weighted by molar-refractivity contribution is -0.122. The number of amides is 1. The minimum Gasteiger partial charge on any atom is -0.349 e.